The van der Waals surface area contributed by atoms with Crippen LogP contribution in [0.1, 0.15) is 34.8 Å². The quantitative estimate of drug-likeness (QED) is 0.745. The van der Waals surface area contributed by atoms with Gasteiger partial charge in [0, 0.05) is 18.9 Å². The summed E-state index contributed by atoms with van der Waals surface area (Å²) in [6.07, 6.45) is 1.62. The first-order valence-corrected chi connectivity index (χ1v) is 7.18. The third kappa shape index (κ3) is 2.77. The molecule has 1 atom stereocenters. The molecule has 0 aliphatic carbocycles. The lowest BCUT2D eigenvalue weighted by atomic mass is 10.1. The van der Waals surface area contributed by atoms with Gasteiger partial charge in [-0.15, -0.1) is 5.10 Å². The number of hydrogen-bond acceptors (Lipinski definition) is 4. The molecule has 2 aromatic heterocycles. The van der Waals surface area contributed by atoms with Gasteiger partial charge in [-0.3, -0.25) is 4.79 Å². The van der Waals surface area contributed by atoms with Crippen LogP contribution in [0.25, 0.3) is 5.78 Å². The Kier molecular flexibility index (Phi) is 3.77. The van der Waals surface area contributed by atoms with Crippen molar-refractivity contribution in [2.24, 2.45) is 0 Å². The van der Waals surface area contributed by atoms with Gasteiger partial charge in [0.25, 0.3) is 11.7 Å². The molecule has 0 aliphatic rings. The van der Waals surface area contributed by atoms with E-state index in [1.165, 1.54) is 21.5 Å². The van der Waals surface area contributed by atoms with Crippen LogP contribution in [-0.2, 0) is 0 Å². The SMILES string of the molecule is Cc1ccnc2nc(C(=O)N(C)C(C)c3ccc(F)cc3)nn12. The first kappa shape index (κ1) is 15.1. The van der Waals surface area contributed by atoms with Gasteiger partial charge >= 0.3 is 0 Å². The van der Waals surface area contributed by atoms with Gasteiger partial charge in [0.2, 0.25) is 5.82 Å². The van der Waals surface area contributed by atoms with Crippen molar-refractivity contribution in [2.45, 2.75) is 19.9 Å². The van der Waals surface area contributed by atoms with Crippen LogP contribution in [0.3, 0.4) is 0 Å². The maximum Gasteiger partial charge on any atom is 0.293 e. The molecule has 0 N–H and O–H groups in total. The third-order valence-electron chi connectivity index (χ3n) is 3.87. The van der Waals surface area contributed by atoms with Crippen molar-refractivity contribution < 1.29 is 9.18 Å². The van der Waals surface area contributed by atoms with Gasteiger partial charge in [-0.2, -0.15) is 4.98 Å². The second-order valence-electron chi connectivity index (χ2n) is 5.38. The van der Waals surface area contributed by atoms with Crippen LogP contribution in [0.5, 0.6) is 0 Å². The van der Waals surface area contributed by atoms with E-state index in [1.54, 1.807) is 31.4 Å². The number of aryl methyl sites for hydroxylation is 1. The molecule has 2 heterocycles. The van der Waals surface area contributed by atoms with Gasteiger partial charge in [0.05, 0.1) is 6.04 Å². The number of aromatic nitrogens is 4. The highest BCUT2D eigenvalue weighted by atomic mass is 19.1. The highest BCUT2D eigenvalue weighted by Crippen LogP contribution is 2.20. The van der Waals surface area contributed by atoms with Gasteiger partial charge < -0.3 is 4.90 Å². The molecule has 0 fully saturated rings. The molecular weight excluding hydrogens is 297 g/mol. The summed E-state index contributed by atoms with van der Waals surface area (Å²) in [6.45, 7) is 3.73. The Labute approximate surface area is 132 Å². The fraction of sp³-hybridized carbons (Fsp3) is 0.250. The molecule has 0 spiro atoms. The molecule has 118 valence electrons. The van der Waals surface area contributed by atoms with Crippen LogP contribution in [-0.4, -0.2) is 37.4 Å². The number of rotatable bonds is 3. The highest BCUT2D eigenvalue weighted by Gasteiger charge is 2.23. The van der Waals surface area contributed by atoms with Crippen molar-refractivity contribution in [3.63, 3.8) is 0 Å². The Balaban J connectivity index is 1.88. The number of fused-ring (bicyclic) bond motifs is 1. The molecule has 0 saturated heterocycles. The Bertz CT molecular complexity index is 859. The lowest BCUT2D eigenvalue weighted by Gasteiger charge is -2.24. The second-order valence-corrected chi connectivity index (χ2v) is 5.38. The smallest absolute Gasteiger partial charge is 0.293 e. The Morgan fingerprint density at radius 3 is 2.61 bits per heavy atom. The van der Waals surface area contributed by atoms with E-state index in [1.807, 2.05) is 13.8 Å². The summed E-state index contributed by atoms with van der Waals surface area (Å²) in [5.41, 5.74) is 1.68. The van der Waals surface area contributed by atoms with E-state index >= 15 is 0 Å². The highest BCUT2D eigenvalue weighted by molar-refractivity contribution is 5.91. The van der Waals surface area contributed by atoms with Crippen LogP contribution >= 0.6 is 0 Å². The zero-order valence-corrected chi connectivity index (χ0v) is 13.1. The number of amides is 1. The van der Waals surface area contributed by atoms with Gasteiger partial charge in [0.15, 0.2) is 0 Å². The lowest BCUT2D eigenvalue weighted by molar-refractivity contribution is 0.0730. The van der Waals surface area contributed by atoms with Crippen molar-refractivity contribution in [2.75, 3.05) is 7.05 Å². The van der Waals surface area contributed by atoms with Gasteiger partial charge in [0.1, 0.15) is 5.82 Å². The molecule has 0 radical (unpaired) electrons. The topological polar surface area (TPSA) is 63.4 Å². The van der Waals surface area contributed by atoms with E-state index in [2.05, 4.69) is 15.1 Å². The molecule has 1 unspecified atom stereocenters. The Morgan fingerprint density at radius 1 is 1.26 bits per heavy atom. The Hall–Kier alpha value is -2.83. The molecule has 3 aromatic rings. The molecule has 1 amide bonds. The summed E-state index contributed by atoms with van der Waals surface area (Å²) < 4.78 is 14.6. The van der Waals surface area contributed by atoms with Crippen LogP contribution in [0.2, 0.25) is 0 Å². The molecule has 1 aromatic carbocycles. The van der Waals surface area contributed by atoms with E-state index < -0.39 is 0 Å². The van der Waals surface area contributed by atoms with Crippen molar-refractivity contribution >= 4 is 11.7 Å². The van der Waals surface area contributed by atoms with Crippen LogP contribution in [0.15, 0.2) is 36.5 Å². The average molecular weight is 313 g/mol. The van der Waals surface area contributed by atoms with E-state index in [0.29, 0.717) is 5.78 Å². The second kappa shape index (κ2) is 5.75. The molecular formula is C16H16FN5O. The zero-order chi connectivity index (χ0) is 16.6. The number of nitrogens with zero attached hydrogens (tertiary/aromatic N) is 5. The van der Waals surface area contributed by atoms with E-state index in [0.717, 1.165) is 11.3 Å². The van der Waals surface area contributed by atoms with E-state index in [4.69, 9.17) is 0 Å². The van der Waals surface area contributed by atoms with Crippen molar-refractivity contribution in [1.82, 2.24) is 24.5 Å². The predicted molar refractivity (Wildman–Crippen MR) is 82.4 cm³/mol. The molecule has 7 heteroatoms. The number of hydrogen-bond donors (Lipinski definition) is 0. The molecule has 6 nitrogen and oxygen atoms in total. The van der Waals surface area contributed by atoms with E-state index in [9.17, 15) is 9.18 Å². The minimum absolute atomic E-state index is 0.0864. The summed E-state index contributed by atoms with van der Waals surface area (Å²) in [5.74, 6) is -0.148. The molecule has 0 saturated carbocycles. The predicted octanol–water partition coefficient (Wildman–Crippen LogP) is 2.41. The summed E-state index contributed by atoms with van der Waals surface area (Å²) in [4.78, 5) is 22.4. The first-order valence-electron chi connectivity index (χ1n) is 7.18. The monoisotopic (exact) mass is 313 g/mol. The first-order chi connectivity index (χ1) is 11.0. The van der Waals surface area contributed by atoms with Crippen molar-refractivity contribution in [1.29, 1.82) is 0 Å². The lowest BCUT2D eigenvalue weighted by Crippen LogP contribution is -2.30. The van der Waals surface area contributed by atoms with Crippen LogP contribution in [0, 0.1) is 12.7 Å². The molecule has 0 aliphatic heterocycles. The number of halogens is 1. The fourth-order valence-electron chi connectivity index (χ4n) is 2.30. The molecule has 23 heavy (non-hydrogen) atoms. The average Bonchev–Trinajstić information content (AvgIpc) is 2.99. The number of carbonyl (C=O) groups is 1. The van der Waals surface area contributed by atoms with E-state index in [-0.39, 0.29) is 23.6 Å². The summed E-state index contributed by atoms with van der Waals surface area (Å²) in [7, 11) is 1.67. The third-order valence-corrected chi connectivity index (χ3v) is 3.87. The number of carbonyl (C=O) groups excluding carboxylic acids is 1. The van der Waals surface area contributed by atoms with Crippen LogP contribution < -0.4 is 0 Å². The maximum atomic E-state index is 13.0. The van der Waals surface area contributed by atoms with Crippen LogP contribution in [0.4, 0.5) is 4.39 Å². The zero-order valence-electron chi connectivity index (χ0n) is 13.1. The Morgan fingerprint density at radius 2 is 1.96 bits per heavy atom. The standard InChI is InChI=1S/C16H16FN5O/c1-10-8-9-18-16-19-14(20-22(10)16)15(23)21(3)11(2)12-4-6-13(17)7-5-12/h4-9,11H,1-3H3. The molecule has 3 rings (SSSR count). The summed E-state index contributed by atoms with van der Waals surface area (Å²) >= 11 is 0. The van der Waals surface area contributed by atoms with Crippen molar-refractivity contribution in [3.05, 3.63) is 59.4 Å². The minimum atomic E-state index is -0.313. The largest absolute Gasteiger partial charge is 0.332 e. The number of benzene rings is 1. The maximum absolute atomic E-state index is 13.0. The molecule has 0 bridgehead atoms. The minimum Gasteiger partial charge on any atom is -0.332 e. The van der Waals surface area contributed by atoms with Gasteiger partial charge in [-0.05, 0) is 37.6 Å². The summed E-state index contributed by atoms with van der Waals surface area (Å²) in [6, 6.07) is 7.63. The van der Waals surface area contributed by atoms with Gasteiger partial charge in [-0.25, -0.2) is 13.9 Å². The normalized spacial score (nSPS) is 12.3. The summed E-state index contributed by atoms with van der Waals surface area (Å²) in [5, 5.41) is 4.22. The van der Waals surface area contributed by atoms with Gasteiger partial charge in [-0.1, -0.05) is 12.1 Å². The van der Waals surface area contributed by atoms with Crippen molar-refractivity contribution in [3.8, 4) is 0 Å². The fourth-order valence-corrected chi connectivity index (χ4v) is 2.30.